The van der Waals surface area contributed by atoms with Crippen molar-refractivity contribution in [1.82, 2.24) is 0 Å². The van der Waals surface area contributed by atoms with Gasteiger partial charge in [-0.25, -0.2) is 4.79 Å². The summed E-state index contributed by atoms with van der Waals surface area (Å²) in [5.74, 6) is -1.89. The van der Waals surface area contributed by atoms with Gasteiger partial charge in [0.05, 0.1) is 16.6 Å². The molecule has 7 nitrogen and oxygen atoms in total. The van der Waals surface area contributed by atoms with E-state index >= 15 is 0 Å². The standard InChI is InChI=1S/C13H11ClN2O5/c1-7(2)21-13(18)10(6-15)12(17)9-4-3-8(14)5-11(9)16(19)20/h3-5,7,17H,1-2H3. The number of nitrogens with zero attached hydrogens (tertiary/aromatic N) is 2. The molecule has 8 heteroatoms. The van der Waals surface area contributed by atoms with Crippen molar-refractivity contribution in [3.63, 3.8) is 0 Å². The van der Waals surface area contributed by atoms with Crippen LogP contribution in [-0.4, -0.2) is 22.1 Å². The fourth-order valence-electron chi connectivity index (χ4n) is 1.46. The maximum absolute atomic E-state index is 11.7. The largest absolute Gasteiger partial charge is 0.505 e. The lowest BCUT2D eigenvalue weighted by molar-refractivity contribution is -0.385. The van der Waals surface area contributed by atoms with Gasteiger partial charge in [0.1, 0.15) is 6.07 Å². The minimum atomic E-state index is -1.06. The molecule has 0 bridgehead atoms. The van der Waals surface area contributed by atoms with Gasteiger partial charge in [0, 0.05) is 11.1 Å². The van der Waals surface area contributed by atoms with Gasteiger partial charge in [-0.3, -0.25) is 10.1 Å². The Balaban J connectivity index is 3.43. The van der Waals surface area contributed by atoms with E-state index in [0.717, 1.165) is 12.1 Å². The van der Waals surface area contributed by atoms with Crippen molar-refractivity contribution in [3.8, 4) is 6.07 Å². The molecule has 0 unspecified atom stereocenters. The molecule has 0 spiro atoms. The number of halogens is 1. The lowest BCUT2D eigenvalue weighted by atomic mass is 10.1. The van der Waals surface area contributed by atoms with Gasteiger partial charge < -0.3 is 9.84 Å². The zero-order valence-corrected chi connectivity index (χ0v) is 11.9. The van der Waals surface area contributed by atoms with Crippen LogP contribution in [0.15, 0.2) is 23.8 Å². The maximum Gasteiger partial charge on any atom is 0.353 e. The molecule has 0 saturated heterocycles. The molecule has 0 aromatic heterocycles. The summed E-state index contributed by atoms with van der Waals surface area (Å²) in [5.41, 5.74) is -1.53. The number of carbonyl (C=O) groups excluding carboxylic acids is 1. The molecular formula is C13H11ClN2O5. The van der Waals surface area contributed by atoms with E-state index in [4.69, 9.17) is 21.6 Å². The van der Waals surface area contributed by atoms with Crippen molar-refractivity contribution in [2.75, 3.05) is 0 Å². The number of esters is 1. The van der Waals surface area contributed by atoms with E-state index in [1.54, 1.807) is 13.8 Å². The molecule has 21 heavy (non-hydrogen) atoms. The summed E-state index contributed by atoms with van der Waals surface area (Å²) < 4.78 is 4.79. The first-order valence-corrected chi connectivity index (χ1v) is 6.14. The van der Waals surface area contributed by atoms with Crippen LogP contribution in [0.25, 0.3) is 5.76 Å². The Morgan fingerprint density at radius 3 is 2.62 bits per heavy atom. The number of benzene rings is 1. The van der Waals surface area contributed by atoms with E-state index in [-0.39, 0.29) is 10.6 Å². The van der Waals surface area contributed by atoms with Gasteiger partial charge in [-0.15, -0.1) is 0 Å². The highest BCUT2D eigenvalue weighted by atomic mass is 35.5. The zero-order valence-electron chi connectivity index (χ0n) is 11.2. The molecule has 0 amide bonds. The molecule has 0 heterocycles. The van der Waals surface area contributed by atoms with E-state index in [9.17, 15) is 20.0 Å². The smallest absolute Gasteiger partial charge is 0.353 e. The highest BCUT2D eigenvalue weighted by Gasteiger charge is 2.25. The summed E-state index contributed by atoms with van der Waals surface area (Å²) >= 11 is 5.65. The Bertz CT molecular complexity index is 661. The second kappa shape index (κ2) is 6.72. The Morgan fingerprint density at radius 1 is 1.52 bits per heavy atom. The second-order valence-corrected chi connectivity index (χ2v) is 4.64. The Labute approximate surface area is 125 Å². The highest BCUT2D eigenvalue weighted by Crippen LogP contribution is 2.29. The molecule has 110 valence electrons. The highest BCUT2D eigenvalue weighted by molar-refractivity contribution is 6.30. The molecular weight excluding hydrogens is 300 g/mol. The number of ether oxygens (including phenoxy) is 1. The molecule has 0 aliphatic carbocycles. The van der Waals surface area contributed by atoms with Crippen molar-refractivity contribution in [2.45, 2.75) is 20.0 Å². The van der Waals surface area contributed by atoms with E-state index in [2.05, 4.69) is 0 Å². The average molecular weight is 311 g/mol. The topological polar surface area (TPSA) is 113 Å². The number of hydrogen-bond acceptors (Lipinski definition) is 6. The lowest BCUT2D eigenvalue weighted by Crippen LogP contribution is -2.14. The van der Waals surface area contributed by atoms with Crippen molar-refractivity contribution >= 4 is 29.0 Å². The van der Waals surface area contributed by atoms with Crippen LogP contribution in [0, 0.1) is 21.4 Å². The van der Waals surface area contributed by atoms with Crippen molar-refractivity contribution < 1.29 is 19.6 Å². The second-order valence-electron chi connectivity index (χ2n) is 4.21. The average Bonchev–Trinajstić information content (AvgIpc) is 2.38. The molecule has 0 aliphatic heterocycles. The number of carbonyl (C=O) groups is 1. The molecule has 0 fully saturated rings. The number of aliphatic hydroxyl groups excluding tert-OH is 1. The van der Waals surface area contributed by atoms with Crippen LogP contribution >= 0.6 is 11.6 Å². The molecule has 1 aromatic rings. The molecule has 1 rings (SSSR count). The number of nitriles is 1. The third kappa shape index (κ3) is 3.94. The Kier molecular flexibility index (Phi) is 5.27. The van der Waals surface area contributed by atoms with Crippen LogP contribution < -0.4 is 0 Å². The van der Waals surface area contributed by atoms with Crippen LogP contribution in [0.3, 0.4) is 0 Å². The minimum absolute atomic E-state index is 0.0847. The number of hydrogen-bond donors (Lipinski definition) is 1. The SMILES string of the molecule is CC(C)OC(=O)C(C#N)=C(O)c1ccc(Cl)cc1[N+](=O)[O-]. The van der Waals surface area contributed by atoms with Crippen LogP contribution in [-0.2, 0) is 9.53 Å². The van der Waals surface area contributed by atoms with Crippen LogP contribution in [0.1, 0.15) is 19.4 Å². The first kappa shape index (κ1) is 16.5. The molecule has 0 radical (unpaired) electrons. The fraction of sp³-hybridized carbons (Fsp3) is 0.231. The van der Waals surface area contributed by atoms with Gasteiger partial charge in [0.25, 0.3) is 5.69 Å². The van der Waals surface area contributed by atoms with Crippen LogP contribution in [0.4, 0.5) is 5.69 Å². The fourth-order valence-corrected chi connectivity index (χ4v) is 1.63. The first-order valence-electron chi connectivity index (χ1n) is 5.76. The number of rotatable bonds is 4. The third-order valence-corrected chi connectivity index (χ3v) is 2.54. The predicted molar refractivity (Wildman–Crippen MR) is 74.5 cm³/mol. The van der Waals surface area contributed by atoms with Gasteiger partial charge in [-0.05, 0) is 26.0 Å². The van der Waals surface area contributed by atoms with E-state index in [1.165, 1.54) is 12.1 Å². The monoisotopic (exact) mass is 310 g/mol. The van der Waals surface area contributed by atoms with Gasteiger partial charge in [0.2, 0.25) is 0 Å². The molecule has 0 saturated carbocycles. The summed E-state index contributed by atoms with van der Waals surface area (Å²) in [4.78, 5) is 21.9. The summed E-state index contributed by atoms with van der Waals surface area (Å²) in [5, 5.41) is 30.0. The number of aliphatic hydroxyl groups is 1. The van der Waals surface area contributed by atoms with E-state index in [0.29, 0.717) is 0 Å². The molecule has 1 aromatic carbocycles. The van der Waals surface area contributed by atoms with Gasteiger partial charge in [0.15, 0.2) is 11.3 Å². The summed E-state index contributed by atoms with van der Waals surface area (Å²) in [6, 6.07) is 4.94. The van der Waals surface area contributed by atoms with Gasteiger partial charge >= 0.3 is 5.97 Å². The number of nitro benzene ring substituents is 1. The van der Waals surface area contributed by atoms with Crippen molar-refractivity contribution in [3.05, 3.63) is 44.5 Å². The van der Waals surface area contributed by atoms with Crippen LogP contribution in [0.5, 0.6) is 0 Å². The molecule has 0 atom stereocenters. The first-order chi connectivity index (χ1) is 9.77. The molecule has 1 N–H and O–H groups in total. The predicted octanol–water partition coefficient (Wildman–Crippen LogP) is 2.99. The number of nitro groups is 1. The van der Waals surface area contributed by atoms with Gasteiger partial charge in [-0.1, -0.05) is 11.6 Å². The lowest BCUT2D eigenvalue weighted by Gasteiger charge is -2.09. The maximum atomic E-state index is 11.7. The Hall–Kier alpha value is -2.59. The normalized spacial score (nSPS) is 11.6. The summed E-state index contributed by atoms with van der Waals surface area (Å²) in [7, 11) is 0. The minimum Gasteiger partial charge on any atom is -0.505 e. The van der Waals surface area contributed by atoms with Crippen LogP contribution in [0.2, 0.25) is 5.02 Å². The zero-order chi connectivity index (χ0) is 16.2. The Morgan fingerprint density at radius 2 is 2.14 bits per heavy atom. The van der Waals surface area contributed by atoms with Gasteiger partial charge in [-0.2, -0.15) is 5.26 Å². The third-order valence-electron chi connectivity index (χ3n) is 2.31. The molecule has 0 aliphatic rings. The summed E-state index contributed by atoms with van der Waals surface area (Å²) in [6.45, 7) is 3.13. The van der Waals surface area contributed by atoms with E-state index in [1.807, 2.05) is 0 Å². The summed E-state index contributed by atoms with van der Waals surface area (Å²) in [6.07, 6.45) is -0.506. The quantitative estimate of drug-likeness (QED) is 0.228. The van der Waals surface area contributed by atoms with E-state index < -0.39 is 34.0 Å². The van der Waals surface area contributed by atoms with Crippen molar-refractivity contribution in [1.29, 1.82) is 5.26 Å². The van der Waals surface area contributed by atoms with Crippen molar-refractivity contribution in [2.24, 2.45) is 0 Å².